The molecule has 1 atom stereocenters. The van der Waals surface area contributed by atoms with Gasteiger partial charge in [-0.2, -0.15) is 0 Å². The van der Waals surface area contributed by atoms with Crippen LogP contribution in [0.2, 0.25) is 0 Å². The second-order valence-electron chi connectivity index (χ2n) is 4.95. The van der Waals surface area contributed by atoms with E-state index in [1.165, 1.54) is 25.1 Å². The van der Waals surface area contributed by atoms with Crippen LogP contribution in [-0.2, 0) is 12.8 Å². The molecule has 84 valence electrons. The average molecular weight is 207 g/mol. The van der Waals surface area contributed by atoms with E-state index in [1.807, 2.05) is 6.20 Å². The summed E-state index contributed by atoms with van der Waals surface area (Å²) in [4.78, 5) is 7.86. The first-order valence-corrected chi connectivity index (χ1v) is 6.00. The lowest BCUT2D eigenvalue weighted by atomic mass is 10.1. The van der Waals surface area contributed by atoms with Crippen molar-refractivity contribution in [2.45, 2.75) is 45.6 Å². The number of hydrogen-bond acceptors (Lipinski definition) is 2. The van der Waals surface area contributed by atoms with Gasteiger partial charge in [0.2, 0.25) is 0 Å². The first-order chi connectivity index (χ1) is 7.24. The highest BCUT2D eigenvalue weighted by atomic mass is 15.0. The maximum absolute atomic E-state index is 4.44. The molecule has 0 radical (unpaired) electrons. The molecule has 1 aromatic rings. The van der Waals surface area contributed by atoms with E-state index in [-0.39, 0.29) is 0 Å². The first kappa shape index (κ1) is 10.7. The van der Waals surface area contributed by atoms with Crippen LogP contribution in [0, 0.1) is 5.92 Å². The minimum atomic E-state index is 0.642. The average Bonchev–Trinajstić information content (AvgIpc) is 2.77. The normalized spacial score (nSPS) is 21.4. The Morgan fingerprint density at radius 2 is 2.40 bits per heavy atom. The van der Waals surface area contributed by atoms with Crippen molar-refractivity contribution in [1.29, 1.82) is 0 Å². The van der Waals surface area contributed by atoms with Gasteiger partial charge in [0.15, 0.2) is 0 Å². The Morgan fingerprint density at radius 3 is 3.07 bits per heavy atom. The lowest BCUT2D eigenvalue weighted by molar-refractivity contribution is 0.585. The van der Waals surface area contributed by atoms with E-state index >= 15 is 0 Å². The fourth-order valence-corrected chi connectivity index (χ4v) is 2.22. The van der Waals surface area contributed by atoms with Crippen molar-refractivity contribution in [1.82, 2.24) is 15.3 Å². The van der Waals surface area contributed by atoms with Crippen molar-refractivity contribution in [3.8, 4) is 0 Å². The third kappa shape index (κ3) is 3.06. The van der Waals surface area contributed by atoms with E-state index < -0.39 is 0 Å². The zero-order chi connectivity index (χ0) is 10.7. The van der Waals surface area contributed by atoms with Gasteiger partial charge in [-0.3, -0.25) is 0 Å². The Hall–Kier alpha value is -0.830. The van der Waals surface area contributed by atoms with Gasteiger partial charge < -0.3 is 10.3 Å². The molecule has 1 aromatic heterocycles. The van der Waals surface area contributed by atoms with E-state index in [2.05, 4.69) is 29.1 Å². The lowest BCUT2D eigenvalue weighted by Crippen LogP contribution is -2.24. The Morgan fingerprint density at radius 1 is 1.53 bits per heavy atom. The minimum absolute atomic E-state index is 0.642. The SMILES string of the molecule is CC(C)Cc1cnc(CC2CCCN2)[nH]1. The number of H-pyrrole nitrogens is 1. The summed E-state index contributed by atoms with van der Waals surface area (Å²) in [5, 5.41) is 3.50. The fourth-order valence-electron chi connectivity index (χ4n) is 2.22. The van der Waals surface area contributed by atoms with Crippen molar-refractivity contribution >= 4 is 0 Å². The molecule has 1 aliphatic heterocycles. The molecule has 0 saturated carbocycles. The van der Waals surface area contributed by atoms with Gasteiger partial charge in [0, 0.05) is 24.4 Å². The molecule has 2 rings (SSSR count). The van der Waals surface area contributed by atoms with Crippen LogP contribution < -0.4 is 5.32 Å². The van der Waals surface area contributed by atoms with Crippen LogP contribution in [0.15, 0.2) is 6.20 Å². The monoisotopic (exact) mass is 207 g/mol. The molecule has 1 fully saturated rings. The van der Waals surface area contributed by atoms with Gasteiger partial charge in [-0.25, -0.2) is 4.98 Å². The van der Waals surface area contributed by atoms with Crippen LogP contribution in [0.3, 0.4) is 0 Å². The summed E-state index contributed by atoms with van der Waals surface area (Å²) in [6.45, 7) is 5.64. The van der Waals surface area contributed by atoms with Crippen molar-refractivity contribution in [2.24, 2.45) is 5.92 Å². The molecular weight excluding hydrogens is 186 g/mol. The molecule has 3 heteroatoms. The first-order valence-electron chi connectivity index (χ1n) is 6.00. The standard InChI is InChI=1S/C12H21N3/c1-9(2)6-11-8-14-12(15-11)7-10-4-3-5-13-10/h8-10,13H,3-7H2,1-2H3,(H,14,15). The Kier molecular flexibility index (Phi) is 3.41. The number of imidazole rings is 1. The van der Waals surface area contributed by atoms with Crippen LogP contribution >= 0.6 is 0 Å². The zero-order valence-electron chi connectivity index (χ0n) is 9.71. The van der Waals surface area contributed by atoms with Gasteiger partial charge in [0.25, 0.3) is 0 Å². The molecule has 0 aliphatic carbocycles. The topological polar surface area (TPSA) is 40.7 Å². The van der Waals surface area contributed by atoms with Gasteiger partial charge in [0.05, 0.1) is 0 Å². The van der Waals surface area contributed by atoms with Crippen molar-refractivity contribution in [3.63, 3.8) is 0 Å². The molecule has 1 aliphatic rings. The van der Waals surface area contributed by atoms with Gasteiger partial charge in [-0.05, 0) is 31.7 Å². The number of aromatic amines is 1. The van der Waals surface area contributed by atoms with E-state index in [1.54, 1.807) is 0 Å². The van der Waals surface area contributed by atoms with Crippen LogP contribution in [0.25, 0.3) is 0 Å². The second kappa shape index (κ2) is 4.79. The quantitative estimate of drug-likeness (QED) is 0.791. The Bertz CT molecular complexity index is 298. The Balaban J connectivity index is 1.88. The van der Waals surface area contributed by atoms with Gasteiger partial charge in [0.1, 0.15) is 5.82 Å². The van der Waals surface area contributed by atoms with Gasteiger partial charge in [-0.15, -0.1) is 0 Å². The minimum Gasteiger partial charge on any atom is -0.346 e. The molecule has 2 heterocycles. The number of hydrogen-bond donors (Lipinski definition) is 2. The van der Waals surface area contributed by atoms with Crippen LogP contribution in [0.4, 0.5) is 0 Å². The number of nitrogens with zero attached hydrogens (tertiary/aromatic N) is 1. The maximum Gasteiger partial charge on any atom is 0.107 e. The van der Waals surface area contributed by atoms with E-state index in [0.29, 0.717) is 12.0 Å². The van der Waals surface area contributed by atoms with Crippen molar-refractivity contribution in [2.75, 3.05) is 6.54 Å². The molecule has 0 aromatic carbocycles. The molecule has 2 N–H and O–H groups in total. The predicted molar refractivity (Wildman–Crippen MR) is 61.9 cm³/mol. The van der Waals surface area contributed by atoms with E-state index in [0.717, 1.165) is 18.7 Å². The van der Waals surface area contributed by atoms with E-state index in [9.17, 15) is 0 Å². The predicted octanol–water partition coefficient (Wildman–Crippen LogP) is 1.90. The molecular formula is C12H21N3. The smallest absolute Gasteiger partial charge is 0.107 e. The highest BCUT2D eigenvalue weighted by Gasteiger charge is 2.15. The largest absolute Gasteiger partial charge is 0.346 e. The molecule has 1 unspecified atom stereocenters. The summed E-state index contributed by atoms with van der Waals surface area (Å²) < 4.78 is 0. The Labute approximate surface area is 91.7 Å². The van der Waals surface area contributed by atoms with E-state index in [4.69, 9.17) is 0 Å². The molecule has 1 saturated heterocycles. The highest BCUT2D eigenvalue weighted by Crippen LogP contribution is 2.11. The summed E-state index contributed by atoms with van der Waals surface area (Å²) in [5.74, 6) is 1.84. The number of rotatable bonds is 4. The molecule has 15 heavy (non-hydrogen) atoms. The molecule has 0 amide bonds. The number of aromatic nitrogens is 2. The zero-order valence-corrected chi connectivity index (χ0v) is 9.71. The third-order valence-electron chi connectivity index (χ3n) is 2.91. The van der Waals surface area contributed by atoms with Gasteiger partial charge >= 0.3 is 0 Å². The second-order valence-corrected chi connectivity index (χ2v) is 4.95. The number of nitrogens with one attached hydrogen (secondary N) is 2. The van der Waals surface area contributed by atoms with Crippen LogP contribution in [0.1, 0.15) is 38.2 Å². The van der Waals surface area contributed by atoms with Crippen LogP contribution in [-0.4, -0.2) is 22.6 Å². The summed E-state index contributed by atoms with van der Waals surface area (Å²) >= 11 is 0. The van der Waals surface area contributed by atoms with Crippen molar-refractivity contribution < 1.29 is 0 Å². The lowest BCUT2D eigenvalue weighted by Gasteiger charge is -2.07. The highest BCUT2D eigenvalue weighted by molar-refractivity contribution is 5.03. The van der Waals surface area contributed by atoms with Crippen LogP contribution in [0.5, 0.6) is 0 Å². The molecule has 0 bridgehead atoms. The van der Waals surface area contributed by atoms with Crippen molar-refractivity contribution in [3.05, 3.63) is 17.7 Å². The summed E-state index contributed by atoms with van der Waals surface area (Å²) in [7, 11) is 0. The summed E-state index contributed by atoms with van der Waals surface area (Å²) in [6, 6.07) is 0.642. The third-order valence-corrected chi connectivity index (χ3v) is 2.91. The molecule has 0 spiro atoms. The van der Waals surface area contributed by atoms with Gasteiger partial charge in [-0.1, -0.05) is 13.8 Å². The maximum atomic E-state index is 4.44. The summed E-state index contributed by atoms with van der Waals surface area (Å²) in [5.41, 5.74) is 1.28. The molecule has 3 nitrogen and oxygen atoms in total. The fraction of sp³-hybridized carbons (Fsp3) is 0.750. The summed E-state index contributed by atoms with van der Waals surface area (Å²) in [6.07, 6.45) is 6.75.